The average Bonchev–Trinajstić information content (AvgIpc) is 4.07. The number of nitrogens with one attached hydrogen (secondary N) is 4. The number of morpholine rings is 1. The first kappa shape index (κ1) is 47.7. The lowest BCUT2D eigenvalue weighted by molar-refractivity contribution is -0.174. The van der Waals surface area contributed by atoms with Crippen molar-refractivity contribution in [1.29, 1.82) is 0 Å². The Balaban J connectivity index is 0.756. The molecule has 2 aromatic heterocycles. The van der Waals surface area contributed by atoms with Crippen molar-refractivity contribution < 1.29 is 47.9 Å². The van der Waals surface area contributed by atoms with Crippen LogP contribution in [0.3, 0.4) is 0 Å². The SMILES string of the molecule is CC(C)(C)c1cc(NC(=O)Nc2ccc(-n3cnc4cc(OCCCCC(=O)Nc5cccc6c5CN(C5CCC(=O)N(C7(C)CC(C8CNCCO8)CCN7C(=O)O)C5=O)C6=O)ccc43)cc2)no1. The number of anilines is 3. The van der Waals surface area contributed by atoms with Crippen molar-refractivity contribution in [2.45, 2.75) is 102 Å². The van der Waals surface area contributed by atoms with Crippen molar-refractivity contribution in [1.82, 2.24) is 34.7 Å². The van der Waals surface area contributed by atoms with Gasteiger partial charge in [0.15, 0.2) is 5.82 Å². The van der Waals surface area contributed by atoms with E-state index in [9.17, 15) is 33.9 Å². The summed E-state index contributed by atoms with van der Waals surface area (Å²) in [4.78, 5) is 88.7. The largest absolute Gasteiger partial charge is 0.494 e. The molecule has 4 unspecified atom stereocenters. The second kappa shape index (κ2) is 19.6. The van der Waals surface area contributed by atoms with E-state index in [0.29, 0.717) is 85.4 Å². The predicted molar refractivity (Wildman–Crippen MR) is 257 cm³/mol. The van der Waals surface area contributed by atoms with Crippen LogP contribution in [-0.2, 0) is 31.1 Å². The second-order valence-corrected chi connectivity index (χ2v) is 19.5. The fraction of sp³-hybridized carbons (Fsp3) is 0.440. The van der Waals surface area contributed by atoms with Gasteiger partial charge in [0.05, 0.1) is 30.4 Å². The van der Waals surface area contributed by atoms with Crippen molar-refractivity contribution in [3.8, 4) is 11.4 Å². The number of likely N-dealkylation sites (tertiary alicyclic amines) is 2. The zero-order chi connectivity index (χ0) is 49.3. The van der Waals surface area contributed by atoms with Crippen LogP contribution in [0.15, 0.2) is 77.6 Å². The number of hydrogen-bond donors (Lipinski definition) is 5. The lowest BCUT2D eigenvalue weighted by atomic mass is 9.81. The minimum atomic E-state index is -1.48. The summed E-state index contributed by atoms with van der Waals surface area (Å²) in [5.74, 6) is -0.206. The van der Waals surface area contributed by atoms with Gasteiger partial charge < -0.3 is 40.0 Å². The Morgan fingerprint density at radius 2 is 1.80 bits per heavy atom. The van der Waals surface area contributed by atoms with Gasteiger partial charge in [-0.05, 0) is 93.5 Å². The number of carbonyl (C=O) groups is 6. The molecule has 4 atom stereocenters. The summed E-state index contributed by atoms with van der Waals surface area (Å²) in [7, 11) is 0. The third-order valence-electron chi connectivity index (χ3n) is 13.7. The van der Waals surface area contributed by atoms with Crippen molar-refractivity contribution in [3.63, 3.8) is 0 Å². The van der Waals surface area contributed by atoms with Crippen LogP contribution in [0.1, 0.15) is 94.3 Å². The van der Waals surface area contributed by atoms with E-state index in [0.717, 1.165) is 21.6 Å². The molecule has 0 radical (unpaired) electrons. The van der Waals surface area contributed by atoms with E-state index in [4.69, 9.17) is 14.0 Å². The van der Waals surface area contributed by atoms with Crippen LogP contribution >= 0.6 is 0 Å². The summed E-state index contributed by atoms with van der Waals surface area (Å²) in [5, 5.41) is 26.0. The van der Waals surface area contributed by atoms with Crippen molar-refractivity contribution in [2.24, 2.45) is 5.92 Å². The minimum absolute atomic E-state index is 0.0391. The van der Waals surface area contributed by atoms with Gasteiger partial charge in [-0.15, -0.1) is 0 Å². The standard InChI is InChI=1S/C50H58N10O10/c1-49(2,3)41-25-42(56-70-41)55-47(65)53-31-11-13-32(14-12-31)58-29-52-37-24-33(15-16-38(37)58)68-22-6-5-10-43(61)54-36-9-7-8-34-35(36)28-57(45(34)63)39-17-18-44(62)60(46(39)64)50(4)26-30(19-21-59(50)48(66)67)40-27-51-20-23-69-40/h7-9,11-16,24-25,29-30,39-40,51H,5-6,10,17-23,26-28H2,1-4H3,(H,54,61)(H,66,67)(H2,53,55,56,65). The van der Waals surface area contributed by atoms with Gasteiger partial charge in [0.1, 0.15) is 29.5 Å². The molecule has 3 fully saturated rings. The van der Waals surface area contributed by atoms with Gasteiger partial charge in [0.2, 0.25) is 11.8 Å². The number of piperidine rings is 2. The van der Waals surface area contributed by atoms with E-state index in [1.54, 1.807) is 49.6 Å². The molecular weight excluding hydrogens is 901 g/mol. The van der Waals surface area contributed by atoms with Gasteiger partial charge in [-0.1, -0.05) is 32.0 Å². The molecule has 368 valence electrons. The third-order valence-corrected chi connectivity index (χ3v) is 13.7. The number of fused-ring (bicyclic) bond motifs is 2. The van der Waals surface area contributed by atoms with Crippen LogP contribution in [0, 0.1) is 5.92 Å². The molecule has 20 nitrogen and oxygen atoms in total. The van der Waals surface area contributed by atoms with E-state index in [2.05, 4.69) is 31.4 Å². The Labute approximate surface area is 404 Å². The molecule has 0 saturated carbocycles. The summed E-state index contributed by atoms with van der Waals surface area (Å²) in [6.45, 7) is 9.96. The van der Waals surface area contributed by atoms with E-state index in [1.807, 2.05) is 55.7 Å². The zero-order valence-electron chi connectivity index (χ0n) is 39.7. The number of aromatic nitrogens is 3. The number of nitrogens with zero attached hydrogens (tertiary/aromatic N) is 6. The van der Waals surface area contributed by atoms with Crippen LogP contribution in [0.25, 0.3) is 16.7 Å². The number of carboxylic acid groups (broad SMARTS) is 1. The highest BCUT2D eigenvalue weighted by Gasteiger charge is 2.55. The van der Waals surface area contributed by atoms with Gasteiger partial charge >= 0.3 is 12.1 Å². The number of rotatable bonds is 13. The van der Waals surface area contributed by atoms with Gasteiger partial charge in [0.25, 0.3) is 11.8 Å². The van der Waals surface area contributed by atoms with Gasteiger partial charge in [0, 0.05) is 84.8 Å². The first-order valence-corrected chi connectivity index (χ1v) is 23.8. The fourth-order valence-corrected chi connectivity index (χ4v) is 10.0. The Hall–Kier alpha value is -7.32. The maximum Gasteiger partial charge on any atom is 0.409 e. The van der Waals surface area contributed by atoms with Crippen LogP contribution < -0.4 is 26.0 Å². The molecule has 5 N–H and O–H groups in total. The Kier molecular flexibility index (Phi) is 13.4. The molecule has 0 bridgehead atoms. The molecule has 4 aliphatic rings. The average molecular weight is 959 g/mol. The molecule has 7 amide bonds. The normalized spacial score (nSPS) is 21.7. The molecule has 3 aromatic carbocycles. The number of imidazole rings is 1. The fourth-order valence-electron chi connectivity index (χ4n) is 10.0. The molecule has 0 aliphatic carbocycles. The molecule has 3 saturated heterocycles. The second-order valence-electron chi connectivity index (χ2n) is 19.5. The highest BCUT2D eigenvalue weighted by molar-refractivity contribution is 6.07. The topological polar surface area (TPSA) is 243 Å². The highest BCUT2D eigenvalue weighted by Crippen LogP contribution is 2.41. The first-order chi connectivity index (χ1) is 33.6. The predicted octanol–water partition coefficient (Wildman–Crippen LogP) is 6.71. The lowest BCUT2D eigenvalue weighted by Gasteiger charge is -2.54. The third kappa shape index (κ3) is 9.78. The smallest absolute Gasteiger partial charge is 0.409 e. The number of carbonyl (C=O) groups excluding carboxylic acids is 5. The van der Waals surface area contributed by atoms with Gasteiger partial charge in [-0.2, -0.15) is 0 Å². The van der Waals surface area contributed by atoms with E-state index < -0.39 is 41.6 Å². The van der Waals surface area contributed by atoms with Crippen LogP contribution in [-0.4, -0.2) is 121 Å². The van der Waals surface area contributed by atoms with Gasteiger partial charge in [-0.3, -0.25) is 38.9 Å². The Morgan fingerprint density at radius 1 is 0.986 bits per heavy atom. The number of unbranched alkanes of at least 4 members (excludes halogenated alkanes) is 1. The maximum atomic E-state index is 14.5. The van der Waals surface area contributed by atoms with Crippen molar-refractivity contribution >= 4 is 64.0 Å². The van der Waals surface area contributed by atoms with Crippen molar-refractivity contribution in [3.05, 3.63) is 89.9 Å². The summed E-state index contributed by atoms with van der Waals surface area (Å²) in [6.07, 6.45) is 2.42. The van der Waals surface area contributed by atoms with E-state index in [1.165, 1.54) is 9.80 Å². The molecule has 20 heteroatoms. The van der Waals surface area contributed by atoms with Crippen LogP contribution in [0.4, 0.5) is 26.8 Å². The number of amides is 7. The summed E-state index contributed by atoms with van der Waals surface area (Å²) < 4.78 is 19.3. The Bertz CT molecular complexity index is 2810. The van der Waals surface area contributed by atoms with E-state index >= 15 is 0 Å². The molecule has 6 heterocycles. The molecule has 0 spiro atoms. The van der Waals surface area contributed by atoms with Crippen LogP contribution in [0.2, 0.25) is 0 Å². The number of ether oxygens (including phenoxy) is 2. The Morgan fingerprint density at radius 3 is 2.54 bits per heavy atom. The quantitative estimate of drug-likeness (QED) is 0.0610. The first-order valence-electron chi connectivity index (χ1n) is 23.8. The number of imide groups is 1. The minimum Gasteiger partial charge on any atom is -0.494 e. The number of urea groups is 1. The van der Waals surface area contributed by atoms with Crippen LogP contribution in [0.5, 0.6) is 5.75 Å². The van der Waals surface area contributed by atoms with E-state index in [-0.39, 0.29) is 62.1 Å². The molecule has 4 aliphatic heterocycles. The zero-order valence-corrected chi connectivity index (χ0v) is 39.7. The summed E-state index contributed by atoms with van der Waals surface area (Å²) in [5.41, 5.74) is 2.70. The number of benzene rings is 3. The maximum absolute atomic E-state index is 14.5. The molecule has 9 rings (SSSR count). The summed E-state index contributed by atoms with van der Waals surface area (Å²) in [6, 6.07) is 18.3. The number of hydrogen-bond acceptors (Lipinski definition) is 12. The highest BCUT2D eigenvalue weighted by atomic mass is 16.5. The van der Waals surface area contributed by atoms with Crippen molar-refractivity contribution in [2.75, 3.05) is 48.8 Å². The molecular formula is C50H58N10O10. The summed E-state index contributed by atoms with van der Waals surface area (Å²) >= 11 is 0. The molecule has 5 aromatic rings. The molecule has 70 heavy (non-hydrogen) atoms. The lowest BCUT2D eigenvalue weighted by Crippen LogP contribution is -2.71. The monoisotopic (exact) mass is 958 g/mol. The van der Waals surface area contributed by atoms with Gasteiger partial charge in [-0.25, -0.2) is 14.6 Å².